The summed E-state index contributed by atoms with van der Waals surface area (Å²) in [6.07, 6.45) is 1.78. The summed E-state index contributed by atoms with van der Waals surface area (Å²) in [6.45, 7) is 6.24. The Morgan fingerprint density at radius 2 is 2.24 bits per heavy atom. The third-order valence-corrected chi connectivity index (χ3v) is 4.29. The molecule has 3 heteroatoms. The molecule has 2 nitrogen and oxygen atoms in total. The van der Waals surface area contributed by atoms with E-state index in [0.29, 0.717) is 0 Å². The number of benzene rings is 1. The van der Waals surface area contributed by atoms with Crippen molar-refractivity contribution >= 4 is 15.9 Å². The second kappa shape index (κ2) is 5.09. The summed E-state index contributed by atoms with van der Waals surface area (Å²) in [4.78, 5) is 2.38. The number of likely N-dealkylation sites (tertiary alicyclic amines) is 1. The van der Waals surface area contributed by atoms with Crippen LogP contribution < -0.4 is 0 Å². The molecule has 1 atom stereocenters. The Morgan fingerprint density at radius 3 is 2.94 bits per heavy atom. The minimum Gasteiger partial charge on any atom is -0.391 e. The number of hydrogen-bond acceptors (Lipinski definition) is 2. The first kappa shape index (κ1) is 13.1. The molecule has 1 saturated heterocycles. The van der Waals surface area contributed by atoms with E-state index in [1.165, 1.54) is 5.56 Å². The summed E-state index contributed by atoms with van der Waals surface area (Å²) in [5, 5.41) is 10.1. The second-order valence-corrected chi connectivity index (χ2v) is 6.28. The van der Waals surface area contributed by atoms with Gasteiger partial charge in [0.25, 0.3) is 0 Å². The Morgan fingerprint density at radius 1 is 1.47 bits per heavy atom. The minimum absolute atomic E-state index is 0.124. The standard InChI is InChI=1S/C14H20BrNO/c1-14(2)13(17)7-4-8-16(14)10-11-5-3-6-12(15)9-11/h3,5-6,9,13,17H,4,7-8,10H2,1-2H3. The molecule has 0 aromatic heterocycles. The average molecular weight is 298 g/mol. The average Bonchev–Trinajstić information content (AvgIpc) is 2.25. The predicted octanol–water partition coefficient (Wildman–Crippen LogP) is 3.18. The zero-order valence-corrected chi connectivity index (χ0v) is 12.1. The number of hydrogen-bond donors (Lipinski definition) is 1. The number of aliphatic hydroxyl groups is 1. The van der Waals surface area contributed by atoms with Gasteiger partial charge >= 0.3 is 0 Å². The maximum Gasteiger partial charge on any atom is 0.0719 e. The topological polar surface area (TPSA) is 23.5 Å². The number of piperidine rings is 1. The van der Waals surface area contributed by atoms with Gasteiger partial charge in [0.05, 0.1) is 6.10 Å². The van der Waals surface area contributed by atoms with E-state index >= 15 is 0 Å². The first-order valence-corrected chi connectivity index (χ1v) is 6.97. The van der Waals surface area contributed by atoms with E-state index in [4.69, 9.17) is 0 Å². The van der Waals surface area contributed by atoms with Crippen molar-refractivity contribution in [2.45, 2.75) is 44.9 Å². The largest absolute Gasteiger partial charge is 0.391 e. The van der Waals surface area contributed by atoms with Crippen LogP contribution in [0.1, 0.15) is 32.3 Å². The molecule has 1 aliphatic rings. The van der Waals surface area contributed by atoms with Crippen molar-refractivity contribution in [2.75, 3.05) is 6.54 Å². The highest BCUT2D eigenvalue weighted by Crippen LogP contribution is 2.29. The molecule has 1 heterocycles. The fourth-order valence-electron chi connectivity index (χ4n) is 2.47. The van der Waals surface area contributed by atoms with Gasteiger partial charge in [-0.15, -0.1) is 0 Å². The lowest BCUT2D eigenvalue weighted by molar-refractivity contribution is -0.0481. The third kappa shape index (κ3) is 2.90. The fourth-order valence-corrected chi connectivity index (χ4v) is 2.91. The van der Waals surface area contributed by atoms with Crippen molar-refractivity contribution in [2.24, 2.45) is 0 Å². The van der Waals surface area contributed by atoms with Crippen molar-refractivity contribution in [3.8, 4) is 0 Å². The monoisotopic (exact) mass is 297 g/mol. The first-order valence-electron chi connectivity index (χ1n) is 6.18. The van der Waals surface area contributed by atoms with Crippen molar-refractivity contribution in [1.29, 1.82) is 0 Å². The summed E-state index contributed by atoms with van der Waals surface area (Å²) >= 11 is 3.50. The van der Waals surface area contributed by atoms with Gasteiger partial charge in [-0.2, -0.15) is 0 Å². The lowest BCUT2D eigenvalue weighted by Gasteiger charge is -2.46. The van der Waals surface area contributed by atoms with Gasteiger partial charge in [0.2, 0.25) is 0 Å². The fraction of sp³-hybridized carbons (Fsp3) is 0.571. The van der Waals surface area contributed by atoms with Crippen LogP contribution in [0, 0.1) is 0 Å². The van der Waals surface area contributed by atoms with E-state index in [9.17, 15) is 5.11 Å². The van der Waals surface area contributed by atoms with Crippen LogP contribution in [-0.2, 0) is 6.54 Å². The van der Waals surface area contributed by atoms with Crippen molar-refractivity contribution < 1.29 is 5.11 Å². The summed E-state index contributed by atoms with van der Waals surface area (Å²) in [6, 6.07) is 8.39. The van der Waals surface area contributed by atoms with Crippen LogP contribution in [-0.4, -0.2) is 28.2 Å². The molecule has 1 aromatic carbocycles. The molecule has 1 fully saturated rings. The van der Waals surface area contributed by atoms with Crippen molar-refractivity contribution in [3.63, 3.8) is 0 Å². The molecule has 0 bridgehead atoms. The zero-order chi connectivity index (χ0) is 12.5. The molecular formula is C14H20BrNO. The van der Waals surface area contributed by atoms with E-state index in [1.807, 2.05) is 6.07 Å². The summed E-state index contributed by atoms with van der Waals surface area (Å²) in [7, 11) is 0. The molecular weight excluding hydrogens is 278 g/mol. The molecule has 2 rings (SSSR count). The second-order valence-electron chi connectivity index (χ2n) is 5.36. The van der Waals surface area contributed by atoms with Crippen molar-refractivity contribution in [1.82, 2.24) is 4.90 Å². The van der Waals surface area contributed by atoms with Crippen LogP contribution in [0.15, 0.2) is 28.7 Å². The van der Waals surface area contributed by atoms with E-state index in [2.05, 4.69) is 52.9 Å². The SMILES string of the molecule is CC1(C)C(O)CCCN1Cc1cccc(Br)c1. The Hall–Kier alpha value is -0.380. The van der Waals surface area contributed by atoms with Gasteiger partial charge in [-0.1, -0.05) is 28.1 Å². The molecule has 1 aromatic rings. The van der Waals surface area contributed by atoms with E-state index in [1.54, 1.807) is 0 Å². The molecule has 0 saturated carbocycles. The van der Waals surface area contributed by atoms with Gasteiger partial charge in [-0.05, 0) is 50.9 Å². The lowest BCUT2D eigenvalue weighted by atomic mass is 9.87. The van der Waals surface area contributed by atoms with E-state index in [0.717, 1.165) is 30.4 Å². The maximum atomic E-state index is 10.1. The Labute approximate surface area is 112 Å². The molecule has 94 valence electrons. The minimum atomic E-state index is -0.219. The Kier molecular flexibility index (Phi) is 3.91. The van der Waals surface area contributed by atoms with Crippen LogP contribution in [0.25, 0.3) is 0 Å². The quantitative estimate of drug-likeness (QED) is 0.906. The van der Waals surface area contributed by atoms with Crippen LogP contribution in [0.3, 0.4) is 0 Å². The predicted molar refractivity (Wildman–Crippen MR) is 73.9 cm³/mol. The summed E-state index contributed by atoms with van der Waals surface area (Å²) in [5.41, 5.74) is 1.17. The van der Waals surface area contributed by atoms with E-state index < -0.39 is 0 Å². The molecule has 1 unspecified atom stereocenters. The highest BCUT2D eigenvalue weighted by atomic mass is 79.9. The smallest absolute Gasteiger partial charge is 0.0719 e. The Bertz CT molecular complexity index is 392. The van der Waals surface area contributed by atoms with Crippen LogP contribution in [0.4, 0.5) is 0 Å². The first-order chi connectivity index (χ1) is 8.00. The number of rotatable bonds is 2. The summed E-state index contributed by atoms with van der Waals surface area (Å²) in [5.74, 6) is 0. The van der Waals surface area contributed by atoms with Gasteiger partial charge in [0, 0.05) is 16.6 Å². The molecule has 0 aliphatic carbocycles. The maximum absolute atomic E-state index is 10.1. The zero-order valence-electron chi connectivity index (χ0n) is 10.5. The molecule has 1 aliphatic heterocycles. The van der Waals surface area contributed by atoms with Crippen LogP contribution in [0.5, 0.6) is 0 Å². The normalized spacial score (nSPS) is 24.8. The Balaban J connectivity index is 2.12. The number of halogens is 1. The van der Waals surface area contributed by atoms with Gasteiger partial charge in [0.15, 0.2) is 0 Å². The highest BCUT2D eigenvalue weighted by molar-refractivity contribution is 9.10. The van der Waals surface area contributed by atoms with Gasteiger partial charge in [-0.25, -0.2) is 0 Å². The van der Waals surface area contributed by atoms with Gasteiger partial charge in [0.1, 0.15) is 0 Å². The van der Waals surface area contributed by atoms with Crippen LogP contribution >= 0.6 is 15.9 Å². The lowest BCUT2D eigenvalue weighted by Crippen LogP contribution is -2.55. The van der Waals surface area contributed by atoms with Gasteiger partial charge < -0.3 is 5.11 Å². The molecule has 0 radical (unpaired) electrons. The van der Waals surface area contributed by atoms with Gasteiger partial charge in [-0.3, -0.25) is 4.90 Å². The number of aliphatic hydroxyl groups excluding tert-OH is 1. The molecule has 17 heavy (non-hydrogen) atoms. The molecule has 0 amide bonds. The van der Waals surface area contributed by atoms with E-state index in [-0.39, 0.29) is 11.6 Å². The molecule has 0 spiro atoms. The highest BCUT2D eigenvalue weighted by Gasteiger charge is 2.37. The number of nitrogens with zero attached hydrogens (tertiary/aromatic N) is 1. The van der Waals surface area contributed by atoms with Crippen LogP contribution in [0.2, 0.25) is 0 Å². The third-order valence-electron chi connectivity index (χ3n) is 3.80. The summed E-state index contributed by atoms with van der Waals surface area (Å²) < 4.78 is 1.12. The molecule has 1 N–H and O–H groups in total. The van der Waals surface area contributed by atoms with Crippen molar-refractivity contribution in [3.05, 3.63) is 34.3 Å².